The van der Waals surface area contributed by atoms with E-state index >= 15 is 0 Å². The lowest BCUT2D eigenvalue weighted by molar-refractivity contribution is -0.114. The van der Waals surface area contributed by atoms with Gasteiger partial charge >= 0.3 is 5.97 Å². The van der Waals surface area contributed by atoms with Gasteiger partial charge in [0.1, 0.15) is 17.8 Å². The normalized spacial score (nSPS) is 25.9. The summed E-state index contributed by atoms with van der Waals surface area (Å²) in [6.45, 7) is 3.24. The number of carboxylic acids is 1. The number of carbonyl (C=O) groups is 1. The number of pyridine rings is 1. The lowest BCUT2D eigenvalue weighted by atomic mass is 9.89. The van der Waals surface area contributed by atoms with Crippen molar-refractivity contribution in [3.05, 3.63) is 23.4 Å². The minimum absolute atomic E-state index is 0.0571. The first-order chi connectivity index (χ1) is 7.83. The summed E-state index contributed by atoms with van der Waals surface area (Å²) in [5.74, 6) is -0.996. The lowest BCUT2D eigenvalue weighted by Crippen LogP contribution is -2.49. The summed E-state index contributed by atoms with van der Waals surface area (Å²) >= 11 is 0. The third-order valence-electron chi connectivity index (χ3n) is 2.82. The van der Waals surface area contributed by atoms with Crippen LogP contribution in [0.2, 0.25) is 0 Å². The van der Waals surface area contributed by atoms with E-state index in [0.29, 0.717) is 0 Å². The van der Waals surface area contributed by atoms with Crippen LogP contribution in [0.4, 0.5) is 0 Å². The highest BCUT2D eigenvalue weighted by atomic mass is 16.5. The average molecular weight is 239 g/mol. The standard InChI is InChI=1S/C11H13NO5/c1-11(2)8(14)7(13)6-3-5(10(15)16)4-12-9(6)17-11/h3-4,7-8,13-14H,1-2H3,(H,15,16)/t7-,8+/m1/s1. The number of fused-ring (bicyclic) bond motifs is 1. The Kier molecular flexibility index (Phi) is 2.56. The predicted octanol–water partition coefficient (Wildman–Crippen LogP) is 0.345. The molecule has 1 aromatic heterocycles. The van der Waals surface area contributed by atoms with Crippen LogP contribution >= 0.6 is 0 Å². The maximum absolute atomic E-state index is 10.8. The lowest BCUT2D eigenvalue weighted by Gasteiger charge is -2.39. The van der Waals surface area contributed by atoms with Gasteiger partial charge in [0.05, 0.1) is 5.56 Å². The molecule has 0 radical (unpaired) electrons. The number of aromatic nitrogens is 1. The van der Waals surface area contributed by atoms with Gasteiger partial charge in [-0.1, -0.05) is 0 Å². The number of rotatable bonds is 1. The van der Waals surface area contributed by atoms with E-state index < -0.39 is 23.8 Å². The quantitative estimate of drug-likeness (QED) is 0.653. The van der Waals surface area contributed by atoms with Crippen LogP contribution in [0.5, 0.6) is 5.88 Å². The molecule has 0 fully saturated rings. The van der Waals surface area contributed by atoms with Crippen LogP contribution in [0.15, 0.2) is 12.3 Å². The summed E-state index contributed by atoms with van der Waals surface area (Å²) < 4.78 is 5.42. The van der Waals surface area contributed by atoms with Gasteiger partial charge in [-0.25, -0.2) is 9.78 Å². The van der Waals surface area contributed by atoms with E-state index in [4.69, 9.17) is 9.84 Å². The van der Waals surface area contributed by atoms with E-state index in [1.54, 1.807) is 13.8 Å². The summed E-state index contributed by atoms with van der Waals surface area (Å²) in [4.78, 5) is 14.6. The summed E-state index contributed by atoms with van der Waals surface area (Å²) in [7, 11) is 0. The molecule has 0 saturated carbocycles. The van der Waals surface area contributed by atoms with Gasteiger partial charge in [0, 0.05) is 11.8 Å². The Bertz CT molecular complexity index is 471. The van der Waals surface area contributed by atoms with E-state index in [0.717, 1.165) is 6.20 Å². The molecule has 0 aromatic carbocycles. The first-order valence-corrected chi connectivity index (χ1v) is 5.11. The predicted molar refractivity (Wildman–Crippen MR) is 56.9 cm³/mol. The molecule has 0 aliphatic carbocycles. The zero-order valence-corrected chi connectivity index (χ0v) is 9.41. The van der Waals surface area contributed by atoms with Crippen LogP contribution in [0.3, 0.4) is 0 Å². The Balaban J connectivity index is 2.50. The van der Waals surface area contributed by atoms with Crippen molar-refractivity contribution in [2.45, 2.75) is 31.7 Å². The molecule has 0 amide bonds. The highest BCUT2D eigenvalue weighted by Gasteiger charge is 2.43. The van der Waals surface area contributed by atoms with E-state index in [2.05, 4.69) is 4.98 Å². The number of carboxylic acid groups (broad SMARTS) is 1. The Hall–Kier alpha value is -1.66. The van der Waals surface area contributed by atoms with Crippen LogP contribution < -0.4 is 4.74 Å². The molecular weight excluding hydrogens is 226 g/mol. The summed E-state index contributed by atoms with van der Waals surface area (Å²) in [6.07, 6.45) is -1.19. The topological polar surface area (TPSA) is 99.9 Å². The molecule has 6 heteroatoms. The van der Waals surface area contributed by atoms with Gasteiger partial charge in [-0.2, -0.15) is 0 Å². The molecular formula is C11H13NO5. The second-order valence-corrected chi connectivity index (χ2v) is 4.52. The first-order valence-electron chi connectivity index (χ1n) is 5.11. The van der Waals surface area contributed by atoms with Crippen molar-refractivity contribution in [1.29, 1.82) is 0 Å². The molecule has 3 N–H and O–H groups in total. The number of aliphatic hydroxyl groups excluding tert-OH is 2. The first kappa shape index (κ1) is 11.8. The Labute approximate surface area is 97.5 Å². The number of hydrogen-bond acceptors (Lipinski definition) is 5. The fraction of sp³-hybridized carbons (Fsp3) is 0.455. The fourth-order valence-corrected chi connectivity index (χ4v) is 1.74. The maximum atomic E-state index is 10.8. The van der Waals surface area contributed by atoms with Crippen LogP contribution in [-0.2, 0) is 0 Å². The van der Waals surface area contributed by atoms with Crippen molar-refractivity contribution in [1.82, 2.24) is 4.98 Å². The Morgan fingerprint density at radius 3 is 2.71 bits per heavy atom. The fourth-order valence-electron chi connectivity index (χ4n) is 1.74. The minimum atomic E-state index is -1.21. The molecule has 17 heavy (non-hydrogen) atoms. The van der Waals surface area contributed by atoms with Crippen molar-refractivity contribution >= 4 is 5.97 Å². The van der Waals surface area contributed by atoms with Gasteiger partial charge in [0.15, 0.2) is 0 Å². The molecule has 2 rings (SSSR count). The van der Waals surface area contributed by atoms with Crippen LogP contribution in [0.1, 0.15) is 35.9 Å². The number of aliphatic hydroxyl groups is 2. The Morgan fingerprint density at radius 1 is 1.47 bits per heavy atom. The van der Waals surface area contributed by atoms with Crippen LogP contribution in [0.25, 0.3) is 0 Å². The van der Waals surface area contributed by atoms with Crippen molar-refractivity contribution in [3.8, 4) is 5.88 Å². The minimum Gasteiger partial charge on any atom is -0.478 e. The van der Waals surface area contributed by atoms with Gasteiger partial charge in [0.25, 0.3) is 0 Å². The van der Waals surface area contributed by atoms with Crippen molar-refractivity contribution < 1.29 is 24.9 Å². The molecule has 1 aliphatic heterocycles. The molecule has 6 nitrogen and oxygen atoms in total. The third kappa shape index (κ3) is 1.85. The maximum Gasteiger partial charge on any atom is 0.337 e. The van der Waals surface area contributed by atoms with Gasteiger partial charge in [0.2, 0.25) is 5.88 Å². The summed E-state index contributed by atoms with van der Waals surface area (Å²) in [5.41, 5.74) is -0.834. The van der Waals surface area contributed by atoms with Gasteiger partial charge < -0.3 is 20.1 Å². The molecule has 0 unspecified atom stereocenters. The number of nitrogens with zero attached hydrogens (tertiary/aromatic N) is 1. The molecule has 0 saturated heterocycles. The number of aromatic carboxylic acids is 1. The van der Waals surface area contributed by atoms with Gasteiger partial charge in [-0.3, -0.25) is 0 Å². The molecule has 2 heterocycles. The molecule has 0 bridgehead atoms. The Morgan fingerprint density at radius 2 is 2.12 bits per heavy atom. The highest BCUT2D eigenvalue weighted by molar-refractivity contribution is 5.87. The second-order valence-electron chi connectivity index (χ2n) is 4.52. The summed E-state index contributed by atoms with van der Waals surface area (Å²) in [6, 6.07) is 1.26. The van der Waals surface area contributed by atoms with E-state index in [9.17, 15) is 15.0 Å². The van der Waals surface area contributed by atoms with Crippen molar-refractivity contribution in [2.75, 3.05) is 0 Å². The smallest absolute Gasteiger partial charge is 0.337 e. The SMILES string of the molecule is CC1(C)Oc2ncc(C(=O)O)cc2[C@@H](O)[C@@H]1O. The van der Waals surface area contributed by atoms with Crippen LogP contribution in [0, 0.1) is 0 Å². The van der Waals surface area contributed by atoms with Crippen molar-refractivity contribution in [2.24, 2.45) is 0 Å². The molecule has 1 aromatic rings. The number of hydrogen-bond donors (Lipinski definition) is 3. The van der Waals surface area contributed by atoms with E-state index in [1.165, 1.54) is 6.07 Å². The zero-order chi connectivity index (χ0) is 12.8. The van der Waals surface area contributed by atoms with Gasteiger partial charge in [-0.05, 0) is 19.9 Å². The van der Waals surface area contributed by atoms with Gasteiger partial charge in [-0.15, -0.1) is 0 Å². The molecule has 2 atom stereocenters. The molecule has 0 spiro atoms. The third-order valence-corrected chi connectivity index (χ3v) is 2.82. The van der Waals surface area contributed by atoms with Crippen molar-refractivity contribution in [3.63, 3.8) is 0 Å². The number of ether oxygens (including phenoxy) is 1. The van der Waals surface area contributed by atoms with E-state index in [1.807, 2.05) is 0 Å². The molecule has 92 valence electrons. The summed E-state index contributed by atoms with van der Waals surface area (Å²) in [5, 5.41) is 28.6. The average Bonchev–Trinajstić information content (AvgIpc) is 2.25. The largest absolute Gasteiger partial charge is 0.478 e. The monoisotopic (exact) mass is 239 g/mol. The highest BCUT2D eigenvalue weighted by Crippen LogP contribution is 2.38. The zero-order valence-electron chi connectivity index (χ0n) is 9.41. The van der Waals surface area contributed by atoms with E-state index in [-0.39, 0.29) is 17.0 Å². The molecule has 1 aliphatic rings. The second kappa shape index (κ2) is 3.68. The van der Waals surface area contributed by atoms with Crippen LogP contribution in [-0.4, -0.2) is 38.0 Å².